The molecule has 0 aliphatic carbocycles. The van der Waals surface area contributed by atoms with Gasteiger partial charge in [0.15, 0.2) is 5.75 Å². The molecule has 0 radical (unpaired) electrons. The zero-order chi connectivity index (χ0) is 37.1. The number of nitrogens with zero attached hydrogens (tertiary/aromatic N) is 2. The third-order valence-electron chi connectivity index (χ3n) is 7.75. The average molecular weight is 758 g/mol. The highest BCUT2D eigenvalue weighted by atomic mass is 32.2. The van der Waals surface area contributed by atoms with E-state index in [-0.39, 0.29) is 34.5 Å². The Balaban J connectivity index is 1.89. The number of hydrogen-bond donors (Lipinski definition) is 5. The molecule has 0 saturated heterocycles. The normalized spacial score (nSPS) is 12.5. The fourth-order valence-electron chi connectivity index (χ4n) is 5.28. The highest BCUT2D eigenvalue weighted by Crippen LogP contribution is 2.45. The highest BCUT2D eigenvalue weighted by Gasteiger charge is 2.26. The number of anilines is 1. The lowest BCUT2D eigenvalue weighted by Crippen LogP contribution is -2.08. The number of carbonyl (C=O) groups is 1. The number of amides is 1. The van der Waals surface area contributed by atoms with E-state index in [1.807, 2.05) is 0 Å². The second-order valence-electron chi connectivity index (χ2n) is 11.8. The van der Waals surface area contributed by atoms with Gasteiger partial charge in [-0.1, -0.05) is 77.6 Å². The van der Waals surface area contributed by atoms with E-state index in [1.165, 1.54) is 51.0 Å². The summed E-state index contributed by atoms with van der Waals surface area (Å²) in [6.07, 6.45) is 13.5. The lowest BCUT2D eigenvalue weighted by molar-refractivity contribution is -0.114. The smallest absolute Gasteiger partial charge is 0.296 e. The Morgan fingerprint density at radius 3 is 1.80 bits per heavy atom. The van der Waals surface area contributed by atoms with Gasteiger partial charge in [-0.15, -0.1) is 10.2 Å². The van der Waals surface area contributed by atoms with Crippen LogP contribution in [0.15, 0.2) is 61.3 Å². The third-order valence-corrected chi connectivity index (χ3v) is 10.3. The van der Waals surface area contributed by atoms with Crippen LogP contribution >= 0.6 is 0 Å². The van der Waals surface area contributed by atoms with Gasteiger partial charge < -0.3 is 15.2 Å². The quantitative estimate of drug-likeness (QED) is 0.0422. The monoisotopic (exact) mass is 757 g/mol. The van der Waals surface area contributed by atoms with Crippen LogP contribution in [-0.2, 0) is 35.1 Å². The van der Waals surface area contributed by atoms with Crippen LogP contribution in [0.3, 0.4) is 0 Å². The SMILES string of the molecule is CCCCCCCCCCCCCCOc1ccc(S(=O)(=O)O)cc1N=Nc1c(S(=O)(=O)O)cc2cc(S(=O)(=O)O)cc(NC(C)=O)c2c1O. The molecule has 276 valence electrons. The molecule has 50 heavy (non-hydrogen) atoms. The standard InChI is InChI=1S/C32H43N3O12S3/c1-3-4-5-6-7-8-9-10-11-12-13-14-17-47-28-16-15-24(48(38,39)40)20-26(28)34-35-31-29(50(44,45)46)19-23-18-25(49(41,42)43)21-27(33-22(2)36)30(23)32(31)37/h15-16,18-21,37H,3-14,17H2,1-2H3,(H,33,36)(H,38,39,40)(H,41,42,43)(H,44,45,46). The summed E-state index contributed by atoms with van der Waals surface area (Å²) < 4.78 is 107. The Labute approximate surface area is 292 Å². The lowest BCUT2D eigenvalue weighted by Gasteiger charge is -2.14. The molecule has 5 N–H and O–H groups in total. The van der Waals surface area contributed by atoms with Crippen molar-refractivity contribution in [3.05, 3.63) is 36.4 Å². The van der Waals surface area contributed by atoms with Gasteiger partial charge in [0.2, 0.25) is 5.91 Å². The van der Waals surface area contributed by atoms with Gasteiger partial charge in [-0.05, 0) is 48.2 Å². The van der Waals surface area contributed by atoms with Crippen LogP contribution in [0.2, 0.25) is 0 Å². The number of benzene rings is 3. The molecular formula is C32H43N3O12S3. The van der Waals surface area contributed by atoms with Crippen molar-refractivity contribution in [2.45, 2.75) is 106 Å². The summed E-state index contributed by atoms with van der Waals surface area (Å²) in [5.74, 6) is -1.69. The van der Waals surface area contributed by atoms with Gasteiger partial charge >= 0.3 is 0 Å². The largest absolute Gasteiger partial charge is 0.505 e. The topological polar surface area (TPSA) is 246 Å². The Morgan fingerprint density at radius 1 is 0.720 bits per heavy atom. The van der Waals surface area contributed by atoms with Crippen molar-refractivity contribution >= 4 is 64.1 Å². The predicted octanol–water partition coefficient (Wildman–Crippen LogP) is 7.74. The molecule has 0 atom stereocenters. The zero-order valence-corrected chi connectivity index (χ0v) is 30.3. The minimum absolute atomic E-state index is 0.00892. The molecule has 0 bridgehead atoms. The second-order valence-corrected chi connectivity index (χ2v) is 16.0. The molecular weight excluding hydrogens is 715 g/mol. The highest BCUT2D eigenvalue weighted by molar-refractivity contribution is 7.86. The Hall–Kier alpha value is -3.68. The Morgan fingerprint density at radius 2 is 1.28 bits per heavy atom. The Bertz CT molecular complexity index is 2030. The van der Waals surface area contributed by atoms with E-state index in [4.69, 9.17) is 4.74 Å². The van der Waals surface area contributed by atoms with Crippen LogP contribution in [0.5, 0.6) is 11.5 Å². The van der Waals surface area contributed by atoms with Crippen LogP contribution < -0.4 is 10.1 Å². The maximum atomic E-state index is 12.4. The number of fused-ring (bicyclic) bond motifs is 1. The van der Waals surface area contributed by atoms with Crippen molar-refractivity contribution in [3.63, 3.8) is 0 Å². The van der Waals surface area contributed by atoms with Gasteiger partial charge in [0.05, 0.1) is 22.1 Å². The summed E-state index contributed by atoms with van der Waals surface area (Å²) in [6.45, 7) is 3.47. The second kappa shape index (κ2) is 18.0. The zero-order valence-electron chi connectivity index (χ0n) is 27.8. The minimum Gasteiger partial charge on any atom is -0.505 e. The molecule has 3 aromatic carbocycles. The van der Waals surface area contributed by atoms with Gasteiger partial charge in [-0.3, -0.25) is 18.5 Å². The summed E-state index contributed by atoms with van der Waals surface area (Å²) in [6, 6.07) is 5.52. The number of nitrogens with one attached hydrogen (secondary N) is 1. The predicted molar refractivity (Wildman–Crippen MR) is 187 cm³/mol. The molecule has 0 saturated carbocycles. The summed E-state index contributed by atoms with van der Waals surface area (Å²) in [4.78, 5) is 9.47. The van der Waals surface area contributed by atoms with E-state index < -0.39 is 62.4 Å². The first kappa shape index (κ1) is 40.7. The number of ether oxygens (including phenoxy) is 1. The number of rotatable bonds is 20. The maximum Gasteiger partial charge on any atom is 0.296 e. The first-order chi connectivity index (χ1) is 23.4. The van der Waals surface area contributed by atoms with Crippen molar-refractivity contribution in [1.82, 2.24) is 0 Å². The van der Waals surface area contributed by atoms with Crippen molar-refractivity contribution in [2.24, 2.45) is 10.2 Å². The number of hydrogen-bond acceptors (Lipinski definition) is 11. The van der Waals surface area contributed by atoms with E-state index in [0.717, 1.165) is 62.9 Å². The van der Waals surface area contributed by atoms with Gasteiger partial charge in [0.25, 0.3) is 30.4 Å². The van der Waals surface area contributed by atoms with E-state index >= 15 is 0 Å². The molecule has 18 heteroatoms. The molecule has 1 amide bonds. The molecule has 0 unspecified atom stereocenters. The first-order valence-electron chi connectivity index (χ1n) is 16.2. The fourth-order valence-corrected chi connectivity index (χ4v) is 6.98. The van der Waals surface area contributed by atoms with Crippen LogP contribution in [0.1, 0.15) is 90.9 Å². The molecule has 0 aromatic heterocycles. The summed E-state index contributed by atoms with van der Waals surface area (Å²) >= 11 is 0. The Kier molecular flexibility index (Phi) is 14.7. The summed E-state index contributed by atoms with van der Waals surface area (Å²) in [5.41, 5.74) is -1.52. The first-order valence-corrected chi connectivity index (χ1v) is 20.5. The number of phenolic OH excluding ortho intramolecular Hbond substituents is 1. The van der Waals surface area contributed by atoms with E-state index in [1.54, 1.807) is 0 Å². The fraction of sp³-hybridized carbons (Fsp3) is 0.469. The number of carbonyl (C=O) groups excluding carboxylic acids is 1. The van der Waals surface area contributed by atoms with Crippen LogP contribution in [-0.4, -0.2) is 56.5 Å². The van der Waals surface area contributed by atoms with Crippen LogP contribution in [0.4, 0.5) is 17.1 Å². The molecule has 0 spiro atoms. The molecule has 0 aliphatic heterocycles. The molecule has 0 fully saturated rings. The van der Waals surface area contributed by atoms with Crippen molar-refractivity contribution < 1.29 is 53.5 Å². The van der Waals surface area contributed by atoms with Crippen LogP contribution in [0.25, 0.3) is 10.8 Å². The van der Waals surface area contributed by atoms with Gasteiger partial charge in [0.1, 0.15) is 22.0 Å². The molecule has 15 nitrogen and oxygen atoms in total. The van der Waals surface area contributed by atoms with E-state index in [2.05, 4.69) is 22.5 Å². The molecule has 3 rings (SSSR count). The van der Waals surface area contributed by atoms with Gasteiger partial charge in [-0.2, -0.15) is 25.3 Å². The third kappa shape index (κ3) is 12.0. The maximum absolute atomic E-state index is 12.4. The van der Waals surface area contributed by atoms with Crippen molar-refractivity contribution in [1.29, 1.82) is 0 Å². The van der Waals surface area contributed by atoms with Crippen molar-refractivity contribution in [2.75, 3.05) is 11.9 Å². The summed E-state index contributed by atoms with van der Waals surface area (Å²) in [5, 5.41) is 20.5. The molecule has 0 heterocycles. The van der Waals surface area contributed by atoms with Crippen LogP contribution in [0, 0.1) is 0 Å². The number of unbranched alkanes of at least 4 members (excludes halogenated alkanes) is 11. The van der Waals surface area contributed by atoms with E-state index in [0.29, 0.717) is 6.42 Å². The molecule has 0 aliphatic rings. The van der Waals surface area contributed by atoms with Gasteiger partial charge in [0, 0.05) is 12.3 Å². The molecule has 3 aromatic rings. The number of phenols is 1. The summed E-state index contributed by atoms with van der Waals surface area (Å²) in [7, 11) is -14.8. The number of azo groups is 1. The van der Waals surface area contributed by atoms with Gasteiger partial charge in [-0.25, -0.2) is 0 Å². The average Bonchev–Trinajstić information content (AvgIpc) is 3.01. The minimum atomic E-state index is -5.19. The van der Waals surface area contributed by atoms with Crippen molar-refractivity contribution in [3.8, 4) is 11.5 Å². The lowest BCUT2D eigenvalue weighted by atomic mass is 10.1. The van der Waals surface area contributed by atoms with E-state index in [9.17, 15) is 48.8 Å². The number of aromatic hydroxyl groups is 1.